The minimum Gasteiger partial charge on any atom is -0.353 e. The van der Waals surface area contributed by atoms with E-state index in [0.717, 1.165) is 0 Å². The molecule has 1 saturated heterocycles. The van der Waals surface area contributed by atoms with Gasteiger partial charge in [-0.3, -0.25) is 14.4 Å². The second-order valence-corrected chi connectivity index (χ2v) is 7.14. The molecule has 2 rings (SSSR count). The monoisotopic (exact) mass is 401 g/mol. The summed E-state index contributed by atoms with van der Waals surface area (Å²) in [6.07, 6.45) is 0.508. The topological polar surface area (TPSA) is 87.7 Å². The highest BCUT2D eigenvalue weighted by molar-refractivity contribution is 7.99. The van der Waals surface area contributed by atoms with Crippen LogP contribution in [0.1, 0.15) is 27.2 Å². The first-order valence-electron chi connectivity index (χ1n) is 8.57. The number of rotatable bonds is 7. The van der Waals surface area contributed by atoms with Gasteiger partial charge in [0.05, 0.1) is 12.4 Å². The van der Waals surface area contributed by atoms with Crippen molar-refractivity contribution < 1.29 is 14.4 Å². The molecule has 144 valence electrons. The number of aromatic nitrogens is 2. The minimum atomic E-state index is -0.262. The van der Waals surface area contributed by atoms with Gasteiger partial charge in [-0.1, -0.05) is 30.3 Å². The van der Waals surface area contributed by atoms with Crippen molar-refractivity contribution in [2.45, 2.75) is 38.4 Å². The van der Waals surface area contributed by atoms with Crippen LogP contribution in [0.5, 0.6) is 0 Å². The first-order chi connectivity index (χ1) is 12.4. The van der Waals surface area contributed by atoms with Crippen molar-refractivity contribution in [1.82, 2.24) is 20.3 Å². The number of nitrogens with one attached hydrogen (secondary N) is 1. The summed E-state index contributed by atoms with van der Waals surface area (Å²) in [4.78, 5) is 41.1. The summed E-state index contributed by atoms with van der Waals surface area (Å²) < 4.78 is 0. The number of thioether (sulfide) groups is 1. The summed E-state index contributed by atoms with van der Waals surface area (Å²) in [5.74, 6) is 0.736. The molecule has 2 heterocycles. The maximum atomic E-state index is 12.0. The SMILES string of the molecule is CCONC(=O)CSc1nc(Cl)cc(N2CCN(C(=O)CC)[C@@H](C)C2)n1. The van der Waals surface area contributed by atoms with E-state index in [-0.39, 0.29) is 23.6 Å². The number of halogens is 1. The zero-order valence-corrected chi connectivity index (χ0v) is 16.8. The number of hydrogen-bond donors (Lipinski definition) is 1. The van der Waals surface area contributed by atoms with E-state index in [9.17, 15) is 9.59 Å². The minimum absolute atomic E-state index is 0.0954. The van der Waals surface area contributed by atoms with Gasteiger partial charge in [-0.2, -0.15) is 0 Å². The summed E-state index contributed by atoms with van der Waals surface area (Å²) in [5.41, 5.74) is 2.33. The summed E-state index contributed by atoms with van der Waals surface area (Å²) in [5, 5.41) is 0.751. The molecular formula is C16H24ClN5O3S. The Kier molecular flexibility index (Phi) is 7.92. The number of hydrogen-bond acceptors (Lipinski definition) is 7. The highest BCUT2D eigenvalue weighted by Crippen LogP contribution is 2.24. The Balaban J connectivity index is 2.01. The van der Waals surface area contributed by atoms with Gasteiger partial charge in [-0.05, 0) is 13.8 Å². The first-order valence-corrected chi connectivity index (χ1v) is 9.93. The lowest BCUT2D eigenvalue weighted by molar-refractivity contribution is -0.133. The predicted molar refractivity (Wildman–Crippen MR) is 101 cm³/mol. The second-order valence-electron chi connectivity index (χ2n) is 5.81. The van der Waals surface area contributed by atoms with Crippen LogP contribution in [0.3, 0.4) is 0 Å². The molecule has 1 atom stereocenters. The average molecular weight is 402 g/mol. The summed E-state index contributed by atoms with van der Waals surface area (Å²) >= 11 is 7.32. The fourth-order valence-corrected chi connectivity index (χ4v) is 3.53. The van der Waals surface area contributed by atoms with Gasteiger partial charge in [0, 0.05) is 38.2 Å². The number of anilines is 1. The molecule has 0 saturated carbocycles. The molecule has 1 N–H and O–H groups in total. The second kappa shape index (κ2) is 9.94. The van der Waals surface area contributed by atoms with E-state index in [1.807, 2.05) is 18.7 Å². The maximum absolute atomic E-state index is 12.0. The Morgan fingerprint density at radius 1 is 1.38 bits per heavy atom. The van der Waals surface area contributed by atoms with Crippen molar-refractivity contribution in [3.05, 3.63) is 11.2 Å². The molecule has 0 aliphatic carbocycles. The van der Waals surface area contributed by atoms with Gasteiger partial charge in [-0.25, -0.2) is 15.4 Å². The van der Waals surface area contributed by atoms with E-state index < -0.39 is 0 Å². The summed E-state index contributed by atoms with van der Waals surface area (Å²) in [6.45, 7) is 8.08. The summed E-state index contributed by atoms with van der Waals surface area (Å²) in [7, 11) is 0. The van der Waals surface area contributed by atoms with Gasteiger partial charge in [-0.15, -0.1) is 0 Å². The molecule has 0 unspecified atom stereocenters. The Bertz CT molecular complexity index is 648. The van der Waals surface area contributed by atoms with Crippen LogP contribution in [0.25, 0.3) is 0 Å². The van der Waals surface area contributed by atoms with E-state index in [1.165, 1.54) is 11.8 Å². The van der Waals surface area contributed by atoms with Crippen LogP contribution in [0.15, 0.2) is 11.2 Å². The third-order valence-electron chi connectivity index (χ3n) is 3.90. The number of amides is 2. The van der Waals surface area contributed by atoms with Crippen molar-refractivity contribution in [1.29, 1.82) is 0 Å². The van der Waals surface area contributed by atoms with Crippen molar-refractivity contribution in [3.8, 4) is 0 Å². The molecule has 0 aromatic carbocycles. The normalized spacial score (nSPS) is 17.3. The average Bonchev–Trinajstić information content (AvgIpc) is 2.63. The zero-order chi connectivity index (χ0) is 19.1. The maximum Gasteiger partial charge on any atom is 0.254 e. The van der Waals surface area contributed by atoms with Crippen LogP contribution >= 0.6 is 23.4 Å². The van der Waals surface area contributed by atoms with Crippen molar-refractivity contribution in [2.24, 2.45) is 0 Å². The Hall–Kier alpha value is -1.58. The largest absolute Gasteiger partial charge is 0.353 e. The van der Waals surface area contributed by atoms with Crippen LogP contribution in [-0.2, 0) is 14.4 Å². The van der Waals surface area contributed by atoms with Crippen molar-refractivity contribution in [2.75, 3.05) is 36.9 Å². The molecule has 1 aromatic heterocycles. The first kappa shape index (κ1) is 20.7. The van der Waals surface area contributed by atoms with Crippen LogP contribution < -0.4 is 10.4 Å². The smallest absolute Gasteiger partial charge is 0.254 e. The molecular weight excluding hydrogens is 378 g/mol. The lowest BCUT2D eigenvalue weighted by Crippen LogP contribution is -2.54. The third-order valence-corrected chi connectivity index (χ3v) is 4.94. The van der Waals surface area contributed by atoms with E-state index in [2.05, 4.69) is 20.3 Å². The molecule has 0 spiro atoms. The predicted octanol–water partition coefficient (Wildman–Crippen LogP) is 1.74. The fourth-order valence-electron chi connectivity index (χ4n) is 2.66. The molecule has 8 nitrogen and oxygen atoms in total. The summed E-state index contributed by atoms with van der Waals surface area (Å²) in [6, 6.07) is 1.80. The highest BCUT2D eigenvalue weighted by Gasteiger charge is 2.27. The molecule has 26 heavy (non-hydrogen) atoms. The van der Waals surface area contributed by atoms with Crippen LogP contribution in [0.2, 0.25) is 5.15 Å². The van der Waals surface area contributed by atoms with E-state index in [0.29, 0.717) is 48.8 Å². The molecule has 0 bridgehead atoms. The highest BCUT2D eigenvalue weighted by atomic mass is 35.5. The molecule has 1 aliphatic rings. The van der Waals surface area contributed by atoms with E-state index >= 15 is 0 Å². The molecule has 2 amide bonds. The molecule has 1 fully saturated rings. The zero-order valence-electron chi connectivity index (χ0n) is 15.2. The van der Waals surface area contributed by atoms with Crippen LogP contribution in [-0.4, -0.2) is 64.7 Å². The standard InChI is InChI=1S/C16H24ClN5O3S/c1-4-15(24)22-7-6-21(9-11(22)3)13-8-12(17)18-16(19-13)26-10-14(23)20-25-5-2/h8,11H,4-7,9-10H2,1-3H3,(H,20,23)/t11-/m0/s1. The quantitative estimate of drug-likeness (QED) is 0.322. The van der Waals surface area contributed by atoms with Crippen molar-refractivity contribution >= 4 is 41.0 Å². The van der Waals surface area contributed by atoms with Gasteiger partial charge >= 0.3 is 0 Å². The molecule has 10 heteroatoms. The van der Waals surface area contributed by atoms with Crippen LogP contribution in [0, 0.1) is 0 Å². The lowest BCUT2D eigenvalue weighted by Gasteiger charge is -2.40. The number of carbonyl (C=O) groups excluding carboxylic acids is 2. The third kappa shape index (κ3) is 5.72. The van der Waals surface area contributed by atoms with Crippen molar-refractivity contribution in [3.63, 3.8) is 0 Å². The Labute approximate surface area is 162 Å². The van der Waals surface area contributed by atoms with Gasteiger partial charge in [0.1, 0.15) is 11.0 Å². The van der Waals surface area contributed by atoms with Gasteiger partial charge < -0.3 is 9.80 Å². The van der Waals surface area contributed by atoms with Crippen LogP contribution in [0.4, 0.5) is 5.82 Å². The van der Waals surface area contributed by atoms with E-state index in [1.54, 1.807) is 13.0 Å². The number of carbonyl (C=O) groups is 2. The van der Waals surface area contributed by atoms with Gasteiger partial charge in [0.2, 0.25) is 5.91 Å². The number of nitrogens with zero attached hydrogens (tertiary/aromatic N) is 4. The van der Waals surface area contributed by atoms with Gasteiger partial charge in [0.25, 0.3) is 5.91 Å². The molecule has 1 aliphatic heterocycles. The molecule has 0 radical (unpaired) electrons. The Morgan fingerprint density at radius 3 is 2.81 bits per heavy atom. The lowest BCUT2D eigenvalue weighted by atomic mass is 10.1. The number of piperazine rings is 1. The van der Waals surface area contributed by atoms with E-state index in [4.69, 9.17) is 16.4 Å². The number of hydroxylamine groups is 1. The molecule has 1 aromatic rings. The fraction of sp³-hybridized carbons (Fsp3) is 0.625. The Morgan fingerprint density at radius 2 is 2.15 bits per heavy atom. The van der Waals surface area contributed by atoms with Gasteiger partial charge in [0.15, 0.2) is 5.16 Å².